The number of nitrogens with one attached hydrogen (secondary N) is 1. The summed E-state index contributed by atoms with van der Waals surface area (Å²) in [4.78, 5) is 22.8. The topological polar surface area (TPSA) is 58.1 Å². The molecular formula is C17H24N4O. The zero-order chi connectivity index (χ0) is 16.3. The molecule has 118 valence electrons. The third-order valence-electron chi connectivity index (χ3n) is 4.12. The van der Waals surface area contributed by atoms with Crippen LogP contribution in [0.15, 0.2) is 30.5 Å². The second-order valence-electron chi connectivity index (χ2n) is 6.51. The first-order chi connectivity index (χ1) is 10.3. The molecule has 0 saturated carbocycles. The van der Waals surface area contributed by atoms with E-state index in [2.05, 4.69) is 29.1 Å². The predicted molar refractivity (Wildman–Crippen MR) is 88.5 cm³/mol. The molecule has 2 rings (SSSR count). The second-order valence-corrected chi connectivity index (χ2v) is 6.51. The van der Waals surface area contributed by atoms with Gasteiger partial charge in [-0.15, -0.1) is 0 Å². The number of urea groups is 1. The number of benzene rings is 1. The van der Waals surface area contributed by atoms with E-state index in [1.165, 1.54) is 0 Å². The summed E-state index contributed by atoms with van der Waals surface area (Å²) in [5.74, 6) is 0.352. The zero-order valence-corrected chi connectivity index (χ0v) is 13.9. The van der Waals surface area contributed by atoms with Crippen molar-refractivity contribution < 1.29 is 4.79 Å². The highest BCUT2D eigenvalue weighted by atomic mass is 16.2. The van der Waals surface area contributed by atoms with Crippen LogP contribution in [0.4, 0.5) is 4.79 Å². The molecule has 1 N–H and O–H groups in total. The smallest absolute Gasteiger partial charge is 0.317 e. The fourth-order valence-corrected chi connectivity index (χ4v) is 1.90. The number of fused-ring (bicyclic) bond motifs is 1. The molecule has 5 nitrogen and oxygen atoms in total. The summed E-state index contributed by atoms with van der Waals surface area (Å²) < 4.78 is 0. The molecule has 1 aromatic carbocycles. The van der Waals surface area contributed by atoms with Crippen LogP contribution in [0.5, 0.6) is 0 Å². The van der Waals surface area contributed by atoms with Crippen LogP contribution in [0.2, 0.25) is 0 Å². The molecule has 0 radical (unpaired) electrons. The Morgan fingerprint density at radius 2 is 1.91 bits per heavy atom. The van der Waals surface area contributed by atoms with Crippen molar-refractivity contribution >= 4 is 17.1 Å². The molecule has 0 aliphatic carbocycles. The van der Waals surface area contributed by atoms with Crippen LogP contribution >= 0.6 is 0 Å². The molecule has 0 aliphatic rings. The lowest BCUT2D eigenvalue weighted by Gasteiger charge is -2.32. The molecule has 2 aromatic rings. The van der Waals surface area contributed by atoms with Crippen molar-refractivity contribution in [2.24, 2.45) is 5.92 Å². The van der Waals surface area contributed by atoms with Gasteiger partial charge in [-0.2, -0.15) is 0 Å². The Hall–Kier alpha value is -2.17. The van der Waals surface area contributed by atoms with E-state index in [-0.39, 0.29) is 11.6 Å². The molecule has 0 saturated heterocycles. The van der Waals surface area contributed by atoms with Gasteiger partial charge in [0.15, 0.2) is 0 Å². The standard InChI is InChI=1S/C17H24N4O/c1-12(2)17(3,4)20-16(22)21(5)11-13-10-18-14-8-6-7-9-15(14)19-13/h6-10,12H,11H2,1-5H3,(H,20,22). The average molecular weight is 300 g/mol. The van der Waals surface area contributed by atoms with Crippen LogP contribution in [0.25, 0.3) is 11.0 Å². The normalized spacial score (nSPS) is 11.7. The Morgan fingerprint density at radius 1 is 1.27 bits per heavy atom. The Morgan fingerprint density at radius 3 is 2.55 bits per heavy atom. The average Bonchev–Trinajstić information content (AvgIpc) is 2.46. The highest BCUT2D eigenvalue weighted by Crippen LogP contribution is 2.16. The van der Waals surface area contributed by atoms with Crippen molar-refractivity contribution in [1.82, 2.24) is 20.2 Å². The lowest BCUT2D eigenvalue weighted by Crippen LogP contribution is -2.51. The maximum atomic E-state index is 12.3. The quantitative estimate of drug-likeness (QED) is 0.943. The predicted octanol–water partition coefficient (Wildman–Crippen LogP) is 3.21. The van der Waals surface area contributed by atoms with Crippen molar-refractivity contribution in [3.8, 4) is 0 Å². The van der Waals surface area contributed by atoms with Crippen LogP contribution in [0.3, 0.4) is 0 Å². The fraction of sp³-hybridized carbons (Fsp3) is 0.471. The number of amides is 2. The van der Waals surface area contributed by atoms with Crippen molar-refractivity contribution in [3.05, 3.63) is 36.2 Å². The van der Waals surface area contributed by atoms with Gasteiger partial charge in [-0.1, -0.05) is 26.0 Å². The third-order valence-corrected chi connectivity index (χ3v) is 4.12. The summed E-state index contributed by atoms with van der Waals surface area (Å²) in [5, 5.41) is 3.05. The Labute approximate surface area is 131 Å². The van der Waals surface area contributed by atoms with Crippen LogP contribution < -0.4 is 5.32 Å². The molecule has 2 amide bonds. The maximum Gasteiger partial charge on any atom is 0.317 e. The maximum absolute atomic E-state index is 12.3. The number of rotatable bonds is 4. The SMILES string of the molecule is CC(C)C(C)(C)NC(=O)N(C)Cc1cnc2ccccc2n1. The monoisotopic (exact) mass is 300 g/mol. The van der Waals surface area contributed by atoms with Crippen LogP contribution in [-0.2, 0) is 6.54 Å². The summed E-state index contributed by atoms with van der Waals surface area (Å²) in [6.07, 6.45) is 1.72. The summed E-state index contributed by atoms with van der Waals surface area (Å²) in [7, 11) is 1.77. The van der Waals surface area contributed by atoms with Gasteiger partial charge in [-0.3, -0.25) is 4.98 Å². The van der Waals surface area contributed by atoms with E-state index in [4.69, 9.17) is 0 Å². The van der Waals surface area contributed by atoms with E-state index in [9.17, 15) is 4.79 Å². The van der Waals surface area contributed by atoms with Crippen LogP contribution in [0.1, 0.15) is 33.4 Å². The van der Waals surface area contributed by atoms with Gasteiger partial charge >= 0.3 is 6.03 Å². The lowest BCUT2D eigenvalue weighted by molar-refractivity contribution is 0.185. The number of carbonyl (C=O) groups is 1. The first-order valence-electron chi connectivity index (χ1n) is 7.53. The second kappa shape index (κ2) is 6.30. The molecule has 0 spiro atoms. The van der Waals surface area contributed by atoms with E-state index >= 15 is 0 Å². The number of aromatic nitrogens is 2. The molecule has 0 atom stereocenters. The first-order valence-corrected chi connectivity index (χ1v) is 7.53. The minimum Gasteiger partial charge on any atom is -0.333 e. The van der Waals surface area contributed by atoms with Crippen LogP contribution in [0, 0.1) is 5.92 Å². The number of hydrogen-bond donors (Lipinski definition) is 1. The molecule has 0 fully saturated rings. The summed E-state index contributed by atoms with van der Waals surface area (Å²) >= 11 is 0. The van der Waals surface area contributed by atoms with Crippen LogP contribution in [-0.4, -0.2) is 33.5 Å². The Bertz CT molecular complexity index is 667. The van der Waals surface area contributed by atoms with E-state index in [1.807, 2.05) is 38.1 Å². The molecule has 0 aliphatic heterocycles. The molecule has 0 unspecified atom stereocenters. The van der Waals surface area contributed by atoms with Gasteiger partial charge in [0.05, 0.1) is 29.5 Å². The van der Waals surface area contributed by atoms with Crippen molar-refractivity contribution in [2.75, 3.05) is 7.05 Å². The van der Waals surface area contributed by atoms with Crippen molar-refractivity contribution in [2.45, 2.75) is 39.8 Å². The van der Waals surface area contributed by atoms with Crippen molar-refractivity contribution in [3.63, 3.8) is 0 Å². The van der Waals surface area contributed by atoms with Gasteiger partial charge in [0.2, 0.25) is 0 Å². The first kappa shape index (κ1) is 16.2. The van der Waals surface area contributed by atoms with Crippen molar-refractivity contribution in [1.29, 1.82) is 0 Å². The van der Waals surface area contributed by atoms with E-state index in [0.29, 0.717) is 12.5 Å². The fourth-order valence-electron chi connectivity index (χ4n) is 1.90. The minimum absolute atomic E-state index is 0.103. The van der Waals surface area contributed by atoms with E-state index in [1.54, 1.807) is 18.1 Å². The number of carbonyl (C=O) groups excluding carboxylic acids is 1. The van der Waals surface area contributed by atoms with Gasteiger partial charge in [0.25, 0.3) is 0 Å². The summed E-state index contributed by atoms with van der Waals surface area (Å²) in [6, 6.07) is 7.61. The third kappa shape index (κ3) is 3.72. The highest BCUT2D eigenvalue weighted by Gasteiger charge is 2.25. The summed E-state index contributed by atoms with van der Waals surface area (Å²) in [5.41, 5.74) is 2.23. The van der Waals surface area contributed by atoms with Gasteiger partial charge in [-0.05, 0) is 31.9 Å². The highest BCUT2D eigenvalue weighted by molar-refractivity contribution is 5.75. The van der Waals surface area contributed by atoms with E-state index in [0.717, 1.165) is 16.7 Å². The summed E-state index contributed by atoms with van der Waals surface area (Å²) in [6.45, 7) is 8.67. The molecule has 1 heterocycles. The lowest BCUT2D eigenvalue weighted by atomic mass is 9.91. The Kier molecular flexibility index (Phi) is 4.64. The number of nitrogens with zero attached hydrogens (tertiary/aromatic N) is 3. The molecular weight excluding hydrogens is 276 g/mol. The molecule has 22 heavy (non-hydrogen) atoms. The largest absolute Gasteiger partial charge is 0.333 e. The van der Waals surface area contributed by atoms with E-state index < -0.39 is 0 Å². The minimum atomic E-state index is -0.250. The molecule has 1 aromatic heterocycles. The van der Waals surface area contributed by atoms with Gasteiger partial charge in [0, 0.05) is 12.6 Å². The number of para-hydroxylation sites is 2. The Balaban J connectivity index is 2.06. The zero-order valence-electron chi connectivity index (χ0n) is 13.9. The van der Waals surface area contributed by atoms with Gasteiger partial charge < -0.3 is 10.2 Å². The number of hydrogen-bond acceptors (Lipinski definition) is 3. The molecule has 5 heteroatoms. The van der Waals surface area contributed by atoms with Gasteiger partial charge in [0.1, 0.15) is 0 Å². The van der Waals surface area contributed by atoms with Gasteiger partial charge in [-0.25, -0.2) is 9.78 Å². The molecule has 0 bridgehead atoms.